The van der Waals surface area contributed by atoms with E-state index in [-0.39, 0.29) is 12.1 Å². The molecule has 0 unspecified atom stereocenters. The van der Waals surface area contributed by atoms with Crippen molar-refractivity contribution in [3.63, 3.8) is 0 Å². The number of methoxy groups -OCH3 is 1. The van der Waals surface area contributed by atoms with Crippen molar-refractivity contribution in [2.75, 3.05) is 7.11 Å². The monoisotopic (exact) mass is 350 g/mol. The molecule has 0 bridgehead atoms. The second-order valence-corrected chi connectivity index (χ2v) is 5.66. The zero-order chi connectivity index (χ0) is 18.5. The number of esters is 1. The average molecular weight is 350 g/mol. The third-order valence-corrected chi connectivity index (χ3v) is 4.00. The molecule has 0 aliphatic carbocycles. The predicted molar refractivity (Wildman–Crippen MR) is 95.2 cm³/mol. The Hall–Kier alpha value is -3.41. The molecule has 1 amide bonds. The van der Waals surface area contributed by atoms with Crippen molar-refractivity contribution in [2.45, 2.75) is 6.42 Å². The molecule has 26 heavy (non-hydrogen) atoms. The van der Waals surface area contributed by atoms with Crippen molar-refractivity contribution < 1.29 is 18.7 Å². The summed E-state index contributed by atoms with van der Waals surface area (Å²) in [6.45, 7) is 0. The molecule has 0 saturated carbocycles. The molecule has 0 atom stereocenters. The van der Waals surface area contributed by atoms with Crippen molar-refractivity contribution >= 4 is 11.9 Å². The van der Waals surface area contributed by atoms with Crippen LogP contribution in [0.5, 0.6) is 0 Å². The highest BCUT2D eigenvalue weighted by Gasteiger charge is 2.14. The molecule has 3 rings (SSSR count). The van der Waals surface area contributed by atoms with Gasteiger partial charge in [0.05, 0.1) is 19.2 Å². The van der Waals surface area contributed by atoms with Crippen LogP contribution in [0.2, 0.25) is 0 Å². The SMILES string of the molecule is COC(=O)Cc1ccccc1C(=O)N=c1occ(-c2ccccc2)n1C. The third-order valence-electron chi connectivity index (χ3n) is 4.00. The van der Waals surface area contributed by atoms with Crippen LogP contribution in [-0.4, -0.2) is 23.6 Å². The molecule has 2 aromatic carbocycles. The molecule has 0 spiro atoms. The summed E-state index contributed by atoms with van der Waals surface area (Å²) in [6, 6.07) is 16.5. The van der Waals surface area contributed by atoms with E-state index in [0.717, 1.165) is 11.3 Å². The van der Waals surface area contributed by atoms with Crippen molar-refractivity contribution in [2.24, 2.45) is 12.0 Å². The van der Waals surface area contributed by atoms with E-state index in [1.54, 1.807) is 42.1 Å². The van der Waals surface area contributed by atoms with E-state index in [1.165, 1.54) is 7.11 Å². The first-order valence-electron chi connectivity index (χ1n) is 8.04. The minimum Gasteiger partial charge on any atom is -0.469 e. The summed E-state index contributed by atoms with van der Waals surface area (Å²) in [7, 11) is 3.09. The molecule has 0 radical (unpaired) electrons. The number of ether oxygens (including phenoxy) is 1. The normalized spacial score (nSPS) is 11.4. The highest BCUT2D eigenvalue weighted by molar-refractivity contribution is 5.97. The molecular weight excluding hydrogens is 332 g/mol. The third kappa shape index (κ3) is 3.64. The summed E-state index contributed by atoms with van der Waals surface area (Å²) >= 11 is 0. The summed E-state index contributed by atoms with van der Waals surface area (Å²) in [4.78, 5) is 28.2. The quantitative estimate of drug-likeness (QED) is 0.678. The summed E-state index contributed by atoms with van der Waals surface area (Å²) < 4.78 is 11.8. The Bertz CT molecular complexity index is 1000. The predicted octanol–water partition coefficient (Wildman–Crippen LogP) is 2.74. The molecule has 3 aromatic rings. The second kappa shape index (κ2) is 7.65. The van der Waals surface area contributed by atoms with Crippen LogP contribution in [-0.2, 0) is 23.0 Å². The van der Waals surface area contributed by atoms with Gasteiger partial charge in [-0.05, 0) is 11.6 Å². The lowest BCUT2D eigenvalue weighted by molar-refractivity contribution is -0.139. The maximum atomic E-state index is 12.6. The molecule has 0 aliphatic rings. The van der Waals surface area contributed by atoms with Crippen molar-refractivity contribution in [3.05, 3.63) is 77.7 Å². The Kier molecular flexibility index (Phi) is 5.12. The van der Waals surface area contributed by atoms with Gasteiger partial charge in [0.25, 0.3) is 5.91 Å². The van der Waals surface area contributed by atoms with Crippen LogP contribution in [0.1, 0.15) is 15.9 Å². The van der Waals surface area contributed by atoms with Gasteiger partial charge in [0.15, 0.2) is 0 Å². The van der Waals surface area contributed by atoms with Crippen LogP contribution in [0.15, 0.2) is 70.3 Å². The van der Waals surface area contributed by atoms with Gasteiger partial charge in [-0.3, -0.25) is 14.2 Å². The van der Waals surface area contributed by atoms with Gasteiger partial charge in [0.2, 0.25) is 0 Å². The molecule has 0 N–H and O–H groups in total. The van der Waals surface area contributed by atoms with Crippen LogP contribution >= 0.6 is 0 Å². The Balaban J connectivity index is 1.96. The van der Waals surface area contributed by atoms with Gasteiger partial charge in [0, 0.05) is 18.2 Å². The lowest BCUT2D eigenvalue weighted by Crippen LogP contribution is -2.17. The Morgan fingerprint density at radius 2 is 1.77 bits per heavy atom. The molecule has 0 aliphatic heterocycles. The molecule has 132 valence electrons. The van der Waals surface area contributed by atoms with E-state index in [1.807, 2.05) is 30.3 Å². The number of oxazole rings is 1. The van der Waals surface area contributed by atoms with Crippen molar-refractivity contribution in [1.29, 1.82) is 0 Å². The molecule has 6 heteroatoms. The molecular formula is C20H18N2O4. The van der Waals surface area contributed by atoms with Crippen molar-refractivity contribution in [1.82, 2.24) is 4.57 Å². The minimum atomic E-state index is -0.478. The Morgan fingerprint density at radius 1 is 1.08 bits per heavy atom. The van der Waals surface area contributed by atoms with Crippen molar-refractivity contribution in [3.8, 4) is 11.3 Å². The zero-order valence-corrected chi connectivity index (χ0v) is 14.5. The van der Waals surface area contributed by atoms with E-state index in [9.17, 15) is 9.59 Å². The van der Waals surface area contributed by atoms with E-state index < -0.39 is 11.9 Å². The largest absolute Gasteiger partial charge is 0.469 e. The van der Waals surface area contributed by atoms with Gasteiger partial charge in [-0.1, -0.05) is 48.5 Å². The van der Waals surface area contributed by atoms with Crippen LogP contribution in [0.3, 0.4) is 0 Å². The average Bonchev–Trinajstić information content (AvgIpc) is 3.03. The second-order valence-electron chi connectivity index (χ2n) is 5.66. The number of carbonyl (C=O) groups is 2. The minimum absolute atomic E-state index is 0.00742. The maximum absolute atomic E-state index is 12.6. The molecule has 0 saturated heterocycles. The molecule has 1 heterocycles. The molecule has 1 aromatic heterocycles. The van der Waals surface area contributed by atoms with Crippen LogP contribution in [0.4, 0.5) is 0 Å². The van der Waals surface area contributed by atoms with E-state index >= 15 is 0 Å². The van der Waals surface area contributed by atoms with Gasteiger partial charge in [-0.2, -0.15) is 4.99 Å². The number of rotatable bonds is 4. The number of hydrogen-bond acceptors (Lipinski definition) is 4. The number of aromatic nitrogens is 1. The van der Waals surface area contributed by atoms with E-state index in [0.29, 0.717) is 11.1 Å². The number of amides is 1. The maximum Gasteiger partial charge on any atom is 0.310 e. The van der Waals surface area contributed by atoms with Crippen LogP contribution < -0.4 is 5.68 Å². The fourth-order valence-electron chi connectivity index (χ4n) is 2.60. The topological polar surface area (TPSA) is 73.8 Å². The lowest BCUT2D eigenvalue weighted by Gasteiger charge is -2.05. The van der Waals surface area contributed by atoms with Gasteiger partial charge in [0.1, 0.15) is 6.26 Å². The number of hydrogen-bond donors (Lipinski definition) is 0. The molecule has 0 fully saturated rings. The first-order chi connectivity index (χ1) is 12.6. The highest BCUT2D eigenvalue weighted by Crippen LogP contribution is 2.17. The van der Waals surface area contributed by atoms with E-state index in [4.69, 9.17) is 4.42 Å². The summed E-state index contributed by atoms with van der Waals surface area (Å²) in [5.41, 5.74) is 2.85. The van der Waals surface area contributed by atoms with E-state index in [2.05, 4.69) is 9.73 Å². The smallest absolute Gasteiger partial charge is 0.310 e. The number of nitrogens with zero attached hydrogens (tertiary/aromatic N) is 2. The van der Waals surface area contributed by atoms with Gasteiger partial charge in [-0.25, -0.2) is 0 Å². The zero-order valence-electron chi connectivity index (χ0n) is 14.5. The molecule has 6 nitrogen and oxygen atoms in total. The van der Waals surface area contributed by atoms with Crippen LogP contribution in [0.25, 0.3) is 11.3 Å². The summed E-state index contributed by atoms with van der Waals surface area (Å²) in [5.74, 6) is -0.894. The summed E-state index contributed by atoms with van der Waals surface area (Å²) in [6.07, 6.45) is 1.56. The first kappa shape index (κ1) is 17.4. The Morgan fingerprint density at radius 3 is 2.50 bits per heavy atom. The summed E-state index contributed by atoms with van der Waals surface area (Å²) in [5, 5.41) is 0. The van der Waals surface area contributed by atoms with Gasteiger partial charge in [-0.15, -0.1) is 0 Å². The first-order valence-corrected chi connectivity index (χ1v) is 8.04. The fraction of sp³-hybridized carbons (Fsp3) is 0.150. The number of benzene rings is 2. The van der Waals surface area contributed by atoms with Crippen LogP contribution in [0, 0.1) is 0 Å². The van der Waals surface area contributed by atoms with Gasteiger partial charge >= 0.3 is 11.7 Å². The Labute approximate surface area is 150 Å². The lowest BCUT2D eigenvalue weighted by atomic mass is 10.0. The number of carbonyl (C=O) groups excluding carboxylic acids is 2. The highest BCUT2D eigenvalue weighted by atomic mass is 16.5. The standard InChI is InChI=1S/C20H18N2O4/c1-22-17(14-8-4-3-5-9-14)13-26-20(22)21-19(24)16-11-7-6-10-15(16)12-18(23)25-2/h3-11,13H,12H2,1-2H3. The van der Waals surface area contributed by atoms with Gasteiger partial charge < -0.3 is 9.15 Å². The fourth-order valence-corrected chi connectivity index (χ4v) is 2.60.